The van der Waals surface area contributed by atoms with E-state index in [-0.39, 0.29) is 6.10 Å². The monoisotopic (exact) mass is 615 g/mol. The molecule has 4 nitrogen and oxygen atoms in total. The van der Waals surface area contributed by atoms with Crippen LogP contribution in [0.25, 0.3) is 0 Å². The molecule has 4 heteroatoms. The first kappa shape index (κ1) is 40.3. The third-order valence-corrected chi connectivity index (χ3v) is 10.3. The summed E-state index contributed by atoms with van der Waals surface area (Å²) in [6, 6.07) is 5.81. The SMILES string of the molecule is CC(C)[C@@H]1CC[C@@H](C)CC1=O.CC(C)[C@H]1CC[C@@H](C)CC1=O.CC1CCC(C(C)C)C(O)C1.Cc1ccc(C(C)C)c(O)c1. The molecule has 1 aromatic rings. The number of ketones is 2. The van der Waals surface area contributed by atoms with E-state index >= 15 is 0 Å². The van der Waals surface area contributed by atoms with Crippen LogP contribution in [0.4, 0.5) is 0 Å². The normalized spacial score (nSPS) is 29.0. The van der Waals surface area contributed by atoms with Crippen LogP contribution in [0.15, 0.2) is 18.2 Å². The van der Waals surface area contributed by atoms with Gasteiger partial charge in [-0.1, -0.05) is 94.7 Å². The Labute approximate surface area is 272 Å². The minimum atomic E-state index is -0.0289. The summed E-state index contributed by atoms with van der Waals surface area (Å²) < 4.78 is 0. The van der Waals surface area contributed by atoms with E-state index < -0.39 is 0 Å². The van der Waals surface area contributed by atoms with Gasteiger partial charge >= 0.3 is 0 Å². The van der Waals surface area contributed by atoms with E-state index in [0.29, 0.717) is 70.6 Å². The number of aryl methyl sites for hydroxylation is 1. The number of hydrogen-bond acceptors (Lipinski definition) is 4. The highest BCUT2D eigenvalue weighted by atomic mass is 16.3. The summed E-state index contributed by atoms with van der Waals surface area (Å²) in [5.41, 5.74) is 2.13. The summed E-state index contributed by atoms with van der Waals surface area (Å²) in [5.74, 6) is 6.87. The van der Waals surface area contributed by atoms with E-state index in [1.165, 1.54) is 25.7 Å². The Bertz CT molecular complexity index is 942. The van der Waals surface area contributed by atoms with Crippen LogP contribution in [0.5, 0.6) is 5.75 Å². The van der Waals surface area contributed by atoms with E-state index in [2.05, 4.69) is 76.2 Å². The van der Waals surface area contributed by atoms with Crippen molar-refractivity contribution in [2.45, 2.75) is 153 Å². The van der Waals surface area contributed by atoms with E-state index in [1.54, 1.807) is 6.07 Å². The van der Waals surface area contributed by atoms with Crippen LogP contribution in [0, 0.1) is 60.2 Å². The highest BCUT2D eigenvalue weighted by Crippen LogP contribution is 2.33. The van der Waals surface area contributed by atoms with E-state index in [0.717, 1.165) is 49.1 Å². The topological polar surface area (TPSA) is 74.6 Å². The van der Waals surface area contributed by atoms with Gasteiger partial charge in [0, 0.05) is 24.7 Å². The third-order valence-electron chi connectivity index (χ3n) is 10.3. The fourth-order valence-electron chi connectivity index (χ4n) is 7.15. The number of Topliss-reactive ketones (excluding diaryl/α,β-unsaturated/α-hetero) is 2. The number of aromatic hydroxyl groups is 1. The van der Waals surface area contributed by atoms with Crippen LogP contribution >= 0.6 is 0 Å². The molecule has 0 bridgehead atoms. The molecule has 0 aromatic heterocycles. The average molecular weight is 615 g/mol. The predicted octanol–water partition coefficient (Wildman–Crippen LogP) is 10.6. The van der Waals surface area contributed by atoms with Gasteiger partial charge in [-0.3, -0.25) is 9.59 Å². The molecule has 0 heterocycles. The van der Waals surface area contributed by atoms with Crippen molar-refractivity contribution >= 4 is 11.6 Å². The fourth-order valence-corrected chi connectivity index (χ4v) is 7.15. The molecule has 0 saturated heterocycles. The van der Waals surface area contributed by atoms with Crippen LogP contribution in [0.1, 0.15) is 151 Å². The zero-order valence-corrected chi connectivity index (χ0v) is 30.7. The van der Waals surface area contributed by atoms with Gasteiger partial charge in [0.05, 0.1) is 6.10 Å². The Hall–Kier alpha value is -1.68. The number of phenols is 1. The predicted molar refractivity (Wildman–Crippen MR) is 187 cm³/mol. The molecule has 4 rings (SSSR count). The second-order valence-electron chi connectivity index (χ2n) is 16.0. The Morgan fingerprint density at radius 1 is 0.659 bits per heavy atom. The lowest BCUT2D eigenvalue weighted by atomic mass is 9.75. The lowest BCUT2D eigenvalue weighted by Gasteiger charge is -2.33. The van der Waals surface area contributed by atoms with Crippen LogP contribution in [-0.2, 0) is 9.59 Å². The number of carbonyl (C=O) groups is 2. The van der Waals surface area contributed by atoms with E-state index in [1.807, 2.05) is 19.1 Å². The molecule has 3 aliphatic rings. The second-order valence-corrected chi connectivity index (χ2v) is 16.0. The van der Waals surface area contributed by atoms with Gasteiger partial charge in [-0.2, -0.15) is 0 Å². The zero-order chi connectivity index (χ0) is 33.7. The summed E-state index contributed by atoms with van der Waals surface area (Å²) in [4.78, 5) is 22.9. The Kier molecular flexibility index (Phi) is 18.1. The Morgan fingerprint density at radius 3 is 1.45 bits per heavy atom. The molecule has 2 N–H and O–H groups in total. The third kappa shape index (κ3) is 14.2. The van der Waals surface area contributed by atoms with Gasteiger partial charge in [0.2, 0.25) is 0 Å². The molecule has 7 atom stereocenters. The fraction of sp³-hybridized carbons (Fsp3) is 0.800. The van der Waals surface area contributed by atoms with Crippen molar-refractivity contribution < 1.29 is 19.8 Å². The summed E-state index contributed by atoms with van der Waals surface area (Å²) in [7, 11) is 0. The van der Waals surface area contributed by atoms with Crippen molar-refractivity contribution in [3.63, 3.8) is 0 Å². The molecular weight excluding hydrogens is 544 g/mol. The molecule has 3 unspecified atom stereocenters. The van der Waals surface area contributed by atoms with Gasteiger partial charge in [-0.25, -0.2) is 0 Å². The number of hydrogen-bond donors (Lipinski definition) is 2. The molecule has 254 valence electrons. The Morgan fingerprint density at radius 2 is 1.11 bits per heavy atom. The molecule has 0 radical (unpaired) electrons. The number of aliphatic hydroxyl groups excluding tert-OH is 1. The number of benzene rings is 1. The van der Waals surface area contributed by atoms with Crippen molar-refractivity contribution in [2.75, 3.05) is 0 Å². The summed E-state index contributed by atoms with van der Waals surface area (Å²) >= 11 is 0. The molecule has 3 aliphatic carbocycles. The van der Waals surface area contributed by atoms with Gasteiger partial charge in [0.15, 0.2) is 0 Å². The highest BCUT2D eigenvalue weighted by molar-refractivity contribution is 5.82. The molecule has 3 fully saturated rings. The van der Waals surface area contributed by atoms with Crippen molar-refractivity contribution in [3.05, 3.63) is 29.3 Å². The molecule has 44 heavy (non-hydrogen) atoms. The van der Waals surface area contributed by atoms with Crippen LogP contribution < -0.4 is 0 Å². The minimum Gasteiger partial charge on any atom is -0.508 e. The second kappa shape index (κ2) is 19.7. The van der Waals surface area contributed by atoms with Crippen molar-refractivity contribution in [2.24, 2.45) is 53.3 Å². The first-order valence-electron chi connectivity index (χ1n) is 18.0. The van der Waals surface area contributed by atoms with Crippen LogP contribution in [-0.4, -0.2) is 27.9 Å². The van der Waals surface area contributed by atoms with Crippen molar-refractivity contribution in [1.82, 2.24) is 0 Å². The maximum Gasteiger partial charge on any atom is 0.136 e. The van der Waals surface area contributed by atoms with Crippen molar-refractivity contribution in [1.29, 1.82) is 0 Å². The molecule has 0 amide bonds. The molecule has 1 aromatic carbocycles. The van der Waals surface area contributed by atoms with Gasteiger partial charge in [0.1, 0.15) is 17.3 Å². The van der Waals surface area contributed by atoms with Crippen LogP contribution in [0.3, 0.4) is 0 Å². The van der Waals surface area contributed by atoms with Crippen LogP contribution in [0.2, 0.25) is 0 Å². The molecule has 0 spiro atoms. The maximum absolute atomic E-state index is 11.4. The first-order valence-corrected chi connectivity index (χ1v) is 18.0. The number of rotatable bonds is 4. The molecule has 3 saturated carbocycles. The zero-order valence-electron chi connectivity index (χ0n) is 30.7. The summed E-state index contributed by atoms with van der Waals surface area (Å²) in [6.07, 6.45) is 9.89. The summed E-state index contributed by atoms with van der Waals surface area (Å²) in [5, 5.41) is 19.2. The lowest BCUT2D eigenvalue weighted by molar-refractivity contribution is -0.128. The van der Waals surface area contributed by atoms with Gasteiger partial charge in [0.25, 0.3) is 0 Å². The smallest absolute Gasteiger partial charge is 0.136 e. The minimum absolute atomic E-state index is 0.0289. The summed E-state index contributed by atoms with van der Waals surface area (Å²) in [6.45, 7) is 25.7. The lowest BCUT2D eigenvalue weighted by Crippen LogP contribution is -2.31. The largest absolute Gasteiger partial charge is 0.508 e. The van der Waals surface area contributed by atoms with Crippen molar-refractivity contribution in [3.8, 4) is 5.75 Å². The van der Waals surface area contributed by atoms with Gasteiger partial charge in [-0.05, 0) is 110 Å². The van der Waals surface area contributed by atoms with Gasteiger partial charge < -0.3 is 10.2 Å². The highest BCUT2D eigenvalue weighted by Gasteiger charge is 2.30. The number of phenolic OH excluding ortho intramolecular Hbond substituents is 1. The number of carbonyl (C=O) groups excluding carboxylic acids is 2. The number of aliphatic hydroxyl groups is 1. The molecular formula is C40H70O4. The Balaban J connectivity index is 0.000000293. The molecule has 0 aliphatic heterocycles. The first-order chi connectivity index (χ1) is 20.4. The maximum atomic E-state index is 11.4. The average Bonchev–Trinajstić information content (AvgIpc) is 2.89. The quantitative estimate of drug-likeness (QED) is 0.354. The van der Waals surface area contributed by atoms with Gasteiger partial charge in [-0.15, -0.1) is 0 Å². The van der Waals surface area contributed by atoms with E-state index in [4.69, 9.17) is 0 Å². The standard InChI is InChI=1S/C10H20O.2C10H18O.C10H14O/c4*1-7(2)9-5-4-8(3)6-10(9)11/h7-11H,4-6H2,1-3H3;2*7-9H,4-6H2,1-3H3;4-7,11H,1-3H3/t;8-,9+;8-,9-;/m.11./s1. The van der Waals surface area contributed by atoms with E-state index in [9.17, 15) is 19.8 Å².